The van der Waals surface area contributed by atoms with Crippen LogP contribution in [0.2, 0.25) is 0 Å². The van der Waals surface area contributed by atoms with E-state index in [-0.39, 0.29) is 11.6 Å². The zero-order valence-electron chi connectivity index (χ0n) is 6.64. The van der Waals surface area contributed by atoms with E-state index in [1.54, 1.807) is 0 Å². The van der Waals surface area contributed by atoms with Crippen LogP contribution in [-0.2, 0) is 4.79 Å². The lowest BCUT2D eigenvalue weighted by Crippen LogP contribution is -1.91. The van der Waals surface area contributed by atoms with E-state index in [4.69, 9.17) is 15.9 Å². The van der Waals surface area contributed by atoms with Gasteiger partial charge in [-0.05, 0) is 17.7 Å². The minimum absolute atomic E-state index is 0.0208. The van der Waals surface area contributed by atoms with Crippen molar-refractivity contribution in [3.05, 3.63) is 23.9 Å². The number of aromatic hydroxyl groups is 1. The second-order valence-electron chi connectivity index (χ2n) is 2.34. The van der Waals surface area contributed by atoms with Gasteiger partial charge in [-0.3, -0.25) is 0 Å². The molecule has 0 saturated carbocycles. The Bertz CT molecular complexity index is 360. The van der Waals surface area contributed by atoms with Gasteiger partial charge in [-0.1, -0.05) is 0 Å². The van der Waals surface area contributed by atoms with Crippen LogP contribution in [0.4, 0.5) is 5.82 Å². The van der Waals surface area contributed by atoms with Crippen molar-refractivity contribution in [2.24, 2.45) is 0 Å². The number of nitrogen functional groups attached to an aromatic ring is 1. The monoisotopic (exact) mass is 180 g/mol. The van der Waals surface area contributed by atoms with Gasteiger partial charge in [0, 0.05) is 12.3 Å². The normalized spacial score (nSPS) is 10.5. The summed E-state index contributed by atoms with van der Waals surface area (Å²) in [4.78, 5) is 13.8. The fourth-order valence-corrected chi connectivity index (χ4v) is 0.738. The molecule has 13 heavy (non-hydrogen) atoms. The Hall–Kier alpha value is -2.04. The minimum Gasteiger partial charge on any atom is -0.504 e. The summed E-state index contributed by atoms with van der Waals surface area (Å²) in [5.41, 5.74) is 5.72. The van der Waals surface area contributed by atoms with Crippen molar-refractivity contribution in [3.8, 4) is 5.75 Å². The van der Waals surface area contributed by atoms with Gasteiger partial charge in [-0.15, -0.1) is 0 Å². The molecule has 0 bridgehead atoms. The van der Waals surface area contributed by atoms with Crippen LogP contribution in [0.25, 0.3) is 6.08 Å². The topological polar surface area (TPSA) is 96.4 Å². The molecular weight excluding hydrogens is 172 g/mol. The maximum absolute atomic E-state index is 10.1. The third-order valence-electron chi connectivity index (χ3n) is 1.34. The summed E-state index contributed by atoms with van der Waals surface area (Å²) in [7, 11) is 0. The number of hydrogen-bond acceptors (Lipinski definition) is 4. The number of aliphatic carboxylic acids is 1. The fraction of sp³-hybridized carbons (Fsp3) is 0. The number of aromatic nitrogens is 1. The van der Waals surface area contributed by atoms with E-state index in [2.05, 4.69) is 4.98 Å². The van der Waals surface area contributed by atoms with E-state index in [1.165, 1.54) is 18.3 Å². The summed E-state index contributed by atoms with van der Waals surface area (Å²) in [6.45, 7) is 0. The number of pyridine rings is 1. The number of carboxylic acid groups (broad SMARTS) is 1. The smallest absolute Gasteiger partial charge is 0.328 e. The van der Waals surface area contributed by atoms with Gasteiger partial charge in [0.25, 0.3) is 0 Å². The molecule has 0 atom stereocenters. The van der Waals surface area contributed by atoms with Gasteiger partial charge in [-0.2, -0.15) is 0 Å². The first kappa shape index (κ1) is 9.05. The van der Waals surface area contributed by atoms with Crippen LogP contribution >= 0.6 is 0 Å². The van der Waals surface area contributed by atoms with Crippen LogP contribution in [0.15, 0.2) is 18.3 Å². The predicted molar refractivity (Wildman–Crippen MR) is 47.0 cm³/mol. The van der Waals surface area contributed by atoms with Crippen molar-refractivity contribution in [2.45, 2.75) is 0 Å². The summed E-state index contributed by atoms with van der Waals surface area (Å²) in [5.74, 6) is -1.20. The zero-order valence-corrected chi connectivity index (χ0v) is 6.64. The third-order valence-corrected chi connectivity index (χ3v) is 1.34. The lowest BCUT2D eigenvalue weighted by atomic mass is 10.2. The Morgan fingerprint density at radius 3 is 2.85 bits per heavy atom. The number of rotatable bonds is 2. The molecule has 1 aromatic heterocycles. The first-order valence-electron chi connectivity index (χ1n) is 3.45. The molecule has 1 rings (SSSR count). The number of carbonyl (C=O) groups is 1. The molecule has 1 aromatic rings. The van der Waals surface area contributed by atoms with Gasteiger partial charge >= 0.3 is 5.97 Å². The van der Waals surface area contributed by atoms with E-state index in [0.29, 0.717) is 5.56 Å². The average molecular weight is 180 g/mol. The van der Waals surface area contributed by atoms with Crippen molar-refractivity contribution in [1.82, 2.24) is 4.98 Å². The fourth-order valence-electron chi connectivity index (χ4n) is 0.738. The van der Waals surface area contributed by atoms with Gasteiger partial charge in [0.15, 0.2) is 11.6 Å². The molecule has 0 fully saturated rings. The molecule has 0 spiro atoms. The molecule has 0 aliphatic heterocycles. The number of carboxylic acids is 1. The molecule has 5 nitrogen and oxygen atoms in total. The van der Waals surface area contributed by atoms with E-state index in [1.807, 2.05) is 0 Å². The van der Waals surface area contributed by atoms with Crippen molar-refractivity contribution in [1.29, 1.82) is 0 Å². The molecule has 5 heteroatoms. The molecular formula is C8H8N2O3. The number of hydrogen-bond donors (Lipinski definition) is 3. The van der Waals surface area contributed by atoms with Crippen LogP contribution in [-0.4, -0.2) is 21.2 Å². The summed E-state index contributed by atoms with van der Waals surface area (Å²) in [6.07, 6.45) is 3.63. The predicted octanol–water partition coefficient (Wildman–Crippen LogP) is 0.467. The van der Waals surface area contributed by atoms with Crippen molar-refractivity contribution in [3.63, 3.8) is 0 Å². The van der Waals surface area contributed by atoms with Crippen LogP contribution in [0.1, 0.15) is 5.56 Å². The van der Waals surface area contributed by atoms with Crippen molar-refractivity contribution in [2.75, 3.05) is 5.73 Å². The summed E-state index contributed by atoms with van der Waals surface area (Å²) in [6, 6.07) is 1.34. The average Bonchev–Trinajstić information content (AvgIpc) is 2.07. The molecule has 0 aliphatic rings. The number of nitrogens with two attached hydrogens (primary N) is 1. The zero-order chi connectivity index (χ0) is 9.84. The second-order valence-corrected chi connectivity index (χ2v) is 2.34. The molecule has 68 valence electrons. The highest BCUT2D eigenvalue weighted by molar-refractivity contribution is 5.85. The first-order chi connectivity index (χ1) is 6.09. The molecule has 0 aromatic carbocycles. The Morgan fingerprint density at radius 2 is 2.31 bits per heavy atom. The lowest BCUT2D eigenvalue weighted by Gasteiger charge is -1.97. The maximum Gasteiger partial charge on any atom is 0.328 e. The molecule has 0 amide bonds. The van der Waals surface area contributed by atoms with Gasteiger partial charge in [0.2, 0.25) is 0 Å². The standard InChI is InChI=1S/C8H8N2O3/c9-8-6(11)3-5(4-10-8)1-2-7(12)13/h1-4,11H,(H2,9,10)(H,12,13). The Kier molecular flexibility index (Phi) is 2.49. The molecule has 0 aliphatic carbocycles. The molecule has 4 N–H and O–H groups in total. The number of anilines is 1. The SMILES string of the molecule is Nc1ncc(C=CC(=O)O)cc1O. The van der Waals surface area contributed by atoms with E-state index in [9.17, 15) is 4.79 Å². The summed E-state index contributed by atoms with van der Waals surface area (Å²) >= 11 is 0. The largest absolute Gasteiger partial charge is 0.504 e. The second kappa shape index (κ2) is 3.57. The minimum atomic E-state index is -1.06. The first-order valence-corrected chi connectivity index (χ1v) is 3.45. The summed E-state index contributed by atoms with van der Waals surface area (Å²) in [5, 5.41) is 17.4. The Morgan fingerprint density at radius 1 is 1.62 bits per heavy atom. The van der Waals surface area contributed by atoms with E-state index >= 15 is 0 Å². The quantitative estimate of drug-likeness (QED) is 0.575. The molecule has 0 saturated heterocycles. The highest BCUT2D eigenvalue weighted by Crippen LogP contribution is 2.17. The van der Waals surface area contributed by atoms with E-state index in [0.717, 1.165) is 6.08 Å². The van der Waals surface area contributed by atoms with E-state index < -0.39 is 5.97 Å². The maximum atomic E-state index is 10.1. The Labute approximate surface area is 74.1 Å². The van der Waals surface area contributed by atoms with Crippen LogP contribution in [0, 0.1) is 0 Å². The number of nitrogens with zero attached hydrogens (tertiary/aromatic N) is 1. The van der Waals surface area contributed by atoms with Gasteiger partial charge in [-0.25, -0.2) is 9.78 Å². The highest BCUT2D eigenvalue weighted by Gasteiger charge is 1.97. The summed E-state index contributed by atoms with van der Waals surface area (Å²) < 4.78 is 0. The van der Waals surface area contributed by atoms with Gasteiger partial charge in [0.05, 0.1) is 0 Å². The lowest BCUT2D eigenvalue weighted by molar-refractivity contribution is -0.131. The van der Waals surface area contributed by atoms with Gasteiger partial charge < -0.3 is 15.9 Å². The highest BCUT2D eigenvalue weighted by atomic mass is 16.4. The van der Waals surface area contributed by atoms with Gasteiger partial charge in [0.1, 0.15) is 0 Å². The Balaban J connectivity index is 2.92. The van der Waals surface area contributed by atoms with Crippen LogP contribution < -0.4 is 5.73 Å². The molecule has 0 unspecified atom stereocenters. The van der Waals surface area contributed by atoms with Crippen molar-refractivity contribution >= 4 is 17.9 Å². The van der Waals surface area contributed by atoms with Crippen LogP contribution in [0.5, 0.6) is 5.75 Å². The van der Waals surface area contributed by atoms with Crippen LogP contribution in [0.3, 0.4) is 0 Å². The molecule has 0 radical (unpaired) electrons. The molecule has 1 heterocycles. The third kappa shape index (κ3) is 2.48. The van der Waals surface area contributed by atoms with Crippen molar-refractivity contribution < 1.29 is 15.0 Å².